The summed E-state index contributed by atoms with van der Waals surface area (Å²) in [5.74, 6) is 0. The molecule has 1 saturated carbocycles. The normalized spacial score (nSPS) is 15.8. The highest BCUT2D eigenvalue weighted by atomic mass is 79.9. The minimum Gasteiger partial charge on any atom is -0.341 e. The molecule has 1 aromatic carbocycles. The molecule has 0 radical (unpaired) electrons. The van der Waals surface area contributed by atoms with E-state index in [1.165, 1.54) is 33.9 Å². The number of fused-ring (bicyclic) bond motifs is 1. The summed E-state index contributed by atoms with van der Waals surface area (Å²) >= 11 is 3.65. The molecule has 1 aliphatic rings. The van der Waals surface area contributed by atoms with E-state index in [0.717, 1.165) is 12.6 Å². The zero-order chi connectivity index (χ0) is 12.7. The number of aromatic nitrogens is 1. The van der Waals surface area contributed by atoms with Gasteiger partial charge in [-0.3, -0.25) is 0 Å². The lowest BCUT2D eigenvalue weighted by Crippen LogP contribution is -2.18. The van der Waals surface area contributed by atoms with E-state index >= 15 is 0 Å². The molecule has 2 nitrogen and oxygen atoms in total. The summed E-state index contributed by atoms with van der Waals surface area (Å²) in [6, 6.07) is 10.0. The Bertz CT molecular complexity index is 567. The molecule has 0 spiro atoms. The van der Waals surface area contributed by atoms with Gasteiger partial charge in [-0.1, -0.05) is 22.0 Å². The summed E-state index contributed by atoms with van der Waals surface area (Å²) in [5, 5.41) is 4.93. The second-order valence-electron chi connectivity index (χ2n) is 5.43. The Kier molecular flexibility index (Phi) is 3.20. The molecule has 1 fully saturated rings. The van der Waals surface area contributed by atoms with Crippen LogP contribution in [0.4, 0.5) is 0 Å². The quantitative estimate of drug-likeness (QED) is 0.894. The molecule has 0 atom stereocenters. The van der Waals surface area contributed by atoms with Crippen LogP contribution in [-0.2, 0) is 6.54 Å². The van der Waals surface area contributed by atoms with Gasteiger partial charge in [-0.05, 0) is 44.9 Å². The van der Waals surface area contributed by atoms with Crippen molar-refractivity contribution in [3.63, 3.8) is 0 Å². The standard InChI is InChI=1S/C15H19BrN2/c1-10(2)18-12(9-17-11-6-7-11)8-13-14(16)4-3-5-15(13)18/h3-5,8,10-11,17H,6-7,9H2,1-2H3. The monoisotopic (exact) mass is 306 g/mol. The van der Waals surface area contributed by atoms with Crippen molar-refractivity contribution in [2.24, 2.45) is 0 Å². The van der Waals surface area contributed by atoms with Crippen molar-refractivity contribution in [3.8, 4) is 0 Å². The fourth-order valence-corrected chi connectivity index (χ4v) is 3.02. The highest BCUT2D eigenvalue weighted by molar-refractivity contribution is 9.10. The molecule has 0 saturated heterocycles. The zero-order valence-electron chi connectivity index (χ0n) is 10.9. The number of nitrogens with one attached hydrogen (secondary N) is 1. The predicted molar refractivity (Wildman–Crippen MR) is 79.9 cm³/mol. The van der Waals surface area contributed by atoms with Crippen LogP contribution in [0.2, 0.25) is 0 Å². The van der Waals surface area contributed by atoms with Gasteiger partial charge in [0, 0.05) is 39.7 Å². The SMILES string of the molecule is CC(C)n1c(CNC2CC2)cc2c(Br)cccc21. The predicted octanol–water partition coefficient (Wildman–Crippen LogP) is 4.24. The summed E-state index contributed by atoms with van der Waals surface area (Å²) in [7, 11) is 0. The molecule has 1 N–H and O–H groups in total. The Morgan fingerprint density at radius 1 is 1.39 bits per heavy atom. The van der Waals surface area contributed by atoms with E-state index in [2.05, 4.69) is 63.9 Å². The van der Waals surface area contributed by atoms with Crippen molar-refractivity contribution in [3.05, 3.63) is 34.4 Å². The minimum absolute atomic E-state index is 0.493. The lowest BCUT2D eigenvalue weighted by atomic mass is 10.2. The van der Waals surface area contributed by atoms with Crippen LogP contribution in [0.25, 0.3) is 10.9 Å². The van der Waals surface area contributed by atoms with Gasteiger partial charge in [0.1, 0.15) is 0 Å². The Morgan fingerprint density at radius 2 is 2.17 bits per heavy atom. The second kappa shape index (κ2) is 4.71. The van der Waals surface area contributed by atoms with Crippen LogP contribution >= 0.6 is 15.9 Å². The van der Waals surface area contributed by atoms with Gasteiger partial charge in [0.25, 0.3) is 0 Å². The summed E-state index contributed by atoms with van der Waals surface area (Å²) < 4.78 is 3.63. The van der Waals surface area contributed by atoms with E-state index in [1.54, 1.807) is 0 Å². The Hall–Kier alpha value is -0.800. The number of nitrogens with zero attached hydrogens (tertiary/aromatic N) is 1. The van der Waals surface area contributed by atoms with Crippen LogP contribution in [0.1, 0.15) is 38.4 Å². The van der Waals surface area contributed by atoms with Crippen molar-refractivity contribution < 1.29 is 0 Å². The third-order valence-electron chi connectivity index (χ3n) is 3.58. The lowest BCUT2D eigenvalue weighted by molar-refractivity contribution is 0.565. The Morgan fingerprint density at radius 3 is 2.83 bits per heavy atom. The molecule has 2 aromatic rings. The molecule has 1 aromatic heterocycles. The van der Waals surface area contributed by atoms with Crippen LogP contribution in [0, 0.1) is 0 Å². The number of benzene rings is 1. The van der Waals surface area contributed by atoms with Gasteiger partial charge in [0.05, 0.1) is 0 Å². The molecule has 0 bridgehead atoms. The number of rotatable bonds is 4. The third kappa shape index (κ3) is 2.21. The van der Waals surface area contributed by atoms with Gasteiger partial charge in [-0.15, -0.1) is 0 Å². The first kappa shape index (κ1) is 12.2. The first-order valence-electron chi connectivity index (χ1n) is 6.68. The van der Waals surface area contributed by atoms with E-state index in [9.17, 15) is 0 Å². The summed E-state index contributed by atoms with van der Waals surface area (Å²) in [6.45, 7) is 5.48. The van der Waals surface area contributed by atoms with Crippen molar-refractivity contribution >= 4 is 26.8 Å². The fraction of sp³-hybridized carbons (Fsp3) is 0.467. The molecule has 1 aliphatic carbocycles. The molecular weight excluding hydrogens is 288 g/mol. The molecule has 0 aliphatic heterocycles. The summed E-state index contributed by atoms with van der Waals surface area (Å²) in [4.78, 5) is 0. The maximum absolute atomic E-state index is 3.65. The maximum Gasteiger partial charge on any atom is 0.0496 e. The van der Waals surface area contributed by atoms with Gasteiger partial charge in [0.15, 0.2) is 0 Å². The van der Waals surface area contributed by atoms with E-state index in [0.29, 0.717) is 6.04 Å². The van der Waals surface area contributed by atoms with Gasteiger partial charge in [-0.2, -0.15) is 0 Å². The van der Waals surface area contributed by atoms with Gasteiger partial charge < -0.3 is 9.88 Å². The third-order valence-corrected chi connectivity index (χ3v) is 4.27. The van der Waals surface area contributed by atoms with E-state index < -0.39 is 0 Å². The molecule has 1 heterocycles. The molecule has 96 valence electrons. The Balaban J connectivity index is 2.04. The van der Waals surface area contributed by atoms with E-state index in [1.807, 2.05) is 0 Å². The number of hydrogen-bond acceptors (Lipinski definition) is 1. The topological polar surface area (TPSA) is 17.0 Å². The first-order valence-corrected chi connectivity index (χ1v) is 7.48. The van der Waals surface area contributed by atoms with Crippen LogP contribution in [-0.4, -0.2) is 10.6 Å². The highest BCUT2D eigenvalue weighted by Crippen LogP contribution is 2.30. The average molecular weight is 307 g/mol. The van der Waals surface area contributed by atoms with Crippen LogP contribution in [0.15, 0.2) is 28.7 Å². The Labute approximate surface area is 116 Å². The van der Waals surface area contributed by atoms with Gasteiger partial charge in [-0.25, -0.2) is 0 Å². The summed E-state index contributed by atoms with van der Waals surface area (Å²) in [5.41, 5.74) is 2.71. The first-order chi connectivity index (χ1) is 8.66. The van der Waals surface area contributed by atoms with Crippen LogP contribution < -0.4 is 5.32 Å². The molecule has 3 rings (SSSR count). The highest BCUT2D eigenvalue weighted by Gasteiger charge is 2.21. The van der Waals surface area contributed by atoms with Crippen molar-refractivity contribution in [1.82, 2.24) is 9.88 Å². The molecular formula is C15H19BrN2. The van der Waals surface area contributed by atoms with Crippen molar-refractivity contribution in [2.45, 2.75) is 45.3 Å². The largest absolute Gasteiger partial charge is 0.341 e. The zero-order valence-corrected chi connectivity index (χ0v) is 12.5. The smallest absolute Gasteiger partial charge is 0.0496 e. The average Bonchev–Trinajstić information content (AvgIpc) is 3.06. The lowest BCUT2D eigenvalue weighted by Gasteiger charge is -2.15. The summed E-state index contributed by atoms with van der Waals surface area (Å²) in [6.07, 6.45) is 2.68. The van der Waals surface area contributed by atoms with Crippen LogP contribution in [0.3, 0.4) is 0 Å². The van der Waals surface area contributed by atoms with Gasteiger partial charge in [0.2, 0.25) is 0 Å². The van der Waals surface area contributed by atoms with Gasteiger partial charge >= 0.3 is 0 Å². The number of halogens is 1. The fourth-order valence-electron chi connectivity index (χ4n) is 2.55. The minimum atomic E-state index is 0.493. The molecule has 3 heteroatoms. The maximum atomic E-state index is 3.65. The molecule has 18 heavy (non-hydrogen) atoms. The van der Waals surface area contributed by atoms with E-state index in [4.69, 9.17) is 0 Å². The second-order valence-corrected chi connectivity index (χ2v) is 6.28. The van der Waals surface area contributed by atoms with Crippen molar-refractivity contribution in [1.29, 1.82) is 0 Å². The van der Waals surface area contributed by atoms with Crippen LogP contribution in [0.5, 0.6) is 0 Å². The van der Waals surface area contributed by atoms with Crippen molar-refractivity contribution in [2.75, 3.05) is 0 Å². The number of hydrogen-bond donors (Lipinski definition) is 1. The van der Waals surface area contributed by atoms with E-state index in [-0.39, 0.29) is 0 Å². The molecule has 0 amide bonds. The molecule has 0 unspecified atom stereocenters.